The van der Waals surface area contributed by atoms with Crippen LogP contribution in [-0.4, -0.2) is 25.2 Å². The van der Waals surface area contributed by atoms with Crippen molar-refractivity contribution in [2.45, 2.75) is 19.3 Å². The van der Waals surface area contributed by atoms with Crippen molar-refractivity contribution in [2.24, 2.45) is 5.73 Å². The average molecular weight is 264 g/mol. The topological polar surface area (TPSA) is 90.7 Å². The fraction of sp³-hybridized carbons (Fsp3) is 0.385. The second kappa shape index (κ2) is 4.79. The van der Waals surface area contributed by atoms with E-state index in [9.17, 15) is 9.59 Å². The van der Waals surface area contributed by atoms with E-state index in [1.165, 1.54) is 0 Å². The van der Waals surface area contributed by atoms with Gasteiger partial charge in [0.25, 0.3) is 0 Å². The maximum atomic E-state index is 11.2. The minimum Gasteiger partial charge on any atom is -0.454 e. The van der Waals surface area contributed by atoms with Crippen LogP contribution >= 0.6 is 0 Å². The molecule has 0 spiro atoms. The molecule has 0 fully saturated rings. The van der Waals surface area contributed by atoms with Crippen molar-refractivity contribution >= 4 is 11.8 Å². The second-order valence-corrected chi connectivity index (χ2v) is 5.00. The monoisotopic (exact) mass is 264 g/mol. The Morgan fingerprint density at radius 1 is 1.32 bits per heavy atom. The molecule has 0 saturated carbocycles. The Kier molecular flexibility index (Phi) is 3.33. The van der Waals surface area contributed by atoms with Gasteiger partial charge < -0.3 is 20.5 Å². The molecule has 19 heavy (non-hydrogen) atoms. The molecule has 1 heterocycles. The summed E-state index contributed by atoms with van der Waals surface area (Å²) < 4.78 is 10.6. The molecular formula is C13H16N2O4. The Morgan fingerprint density at radius 2 is 2.00 bits per heavy atom. The lowest BCUT2D eigenvalue weighted by atomic mass is 9.84. The number of primary amides is 1. The van der Waals surface area contributed by atoms with E-state index in [1.54, 1.807) is 0 Å². The lowest BCUT2D eigenvalue weighted by Crippen LogP contribution is -2.42. The zero-order valence-corrected chi connectivity index (χ0v) is 10.9. The van der Waals surface area contributed by atoms with Crippen molar-refractivity contribution < 1.29 is 19.1 Å². The van der Waals surface area contributed by atoms with Crippen molar-refractivity contribution in [3.63, 3.8) is 0 Å². The molecule has 0 unspecified atom stereocenters. The SMILES string of the molecule is CC(C)(CNC(=O)C(N)=O)c1ccc2c(c1)OCO2. The summed E-state index contributed by atoms with van der Waals surface area (Å²) in [5.74, 6) is -0.372. The molecule has 6 heteroatoms. The molecule has 0 radical (unpaired) electrons. The minimum atomic E-state index is -0.985. The van der Waals surface area contributed by atoms with Crippen LogP contribution in [0.2, 0.25) is 0 Å². The van der Waals surface area contributed by atoms with Crippen LogP contribution in [0.3, 0.4) is 0 Å². The highest BCUT2D eigenvalue weighted by Gasteiger charge is 2.25. The third kappa shape index (κ3) is 2.78. The lowest BCUT2D eigenvalue weighted by molar-refractivity contribution is -0.137. The molecule has 2 rings (SSSR count). The quantitative estimate of drug-likeness (QED) is 0.768. The smallest absolute Gasteiger partial charge is 0.309 e. The lowest BCUT2D eigenvalue weighted by Gasteiger charge is -2.25. The van der Waals surface area contributed by atoms with E-state index < -0.39 is 11.8 Å². The van der Waals surface area contributed by atoms with E-state index in [2.05, 4.69) is 5.32 Å². The largest absolute Gasteiger partial charge is 0.454 e. The van der Waals surface area contributed by atoms with E-state index in [1.807, 2.05) is 32.0 Å². The highest BCUT2D eigenvalue weighted by Crippen LogP contribution is 2.36. The zero-order valence-electron chi connectivity index (χ0n) is 10.9. The molecule has 6 nitrogen and oxygen atoms in total. The fourth-order valence-corrected chi connectivity index (χ4v) is 1.81. The Morgan fingerprint density at radius 3 is 2.68 bits per heavy atom. The summed E-state index contributed by atoms with van der Waals surface area (Å²) in [7, 11) is 0. The van der Waals surface area contributed by atoms with Crippen molar-refractivity contribution in [1.29, 1.82) is 0 Å². The van der Waals surface area contributed by atoms with Gasteiger partial charge in [-0.3, -0.25) is 9.59 Å². The van der Waals surface area contributed by atoms with Gasteiger partial charge in [0.2, 0.25) is 6.79 Å². The van der Waals surface area contributed by atoms with Crippen LogP contribution in [-0.2, 0) is 15.0 Å². The van der Waals surface area contributed by atoms with Gasteiger partial charge in [-0.15, -0.1) is 0 Å². The first kappa shape index (κ1) is 13.2. The second-order valence-electron chi connectivity index (χ2n) is 5.00. The summed E-state index contributed by atoms with van der Waals surface area (Å²) in [5, 5.41) is 2.50. The maximum absolute atomic E-state index is 11.2. The summed E-state index contributed by atoms with van der Waals surface area (Å²) in [6.07, 6.45) is 0. The van der Waals surface area contributed by atoms with Crippen molar-refractivity contribution in [2.75, 3.05) is 13.3 Å². The summed E-state index contributed by atoms with van der Waals surface area (Å²) in [6.45, 7) is 4.42. The number of rotatable bonds is 3. The summed E-state index contributed by atoms with van der Waals surface area (Å²) in [6, 6.07) is 5.61. The summed E-state index contributed by atoms with van der Waals surface area (Å²) >= 11 is 0. The van der Waals surface area contributed by atoms with Gasteiger partial charge in [-0.1, -0.05) is 19.9 Å². The third-order valence-corrected chi connectivity index (χ3v) is 3.07. The predicted octanol–water partition coefficient (Wildman–Crippen LogP) is 0.294. The Bertz CT molecular complexity index is 525. The van der Waals surface area contributed by atoms with E-state index in [4.69, 9.17) is 15.2 Å². The molecule has 0 bridgehead atoms. The number of amides is 2. The molecule has 0 saturated heterocycles. The standard InChI is InChI=1S/C13H16N2O4/c1-13(2,6-15-12(17)11(14)16)8-3-4-9-10(5-8)19-7-18-9/h3-5H,6-7H2,1-2H3,(H2,14,16)(H,15,17). The zero-order chi connectivity index (χ0) is 14.0. The molecular weight excluding hydrogens is 248 g/mol. The number of fused-ring (bicyclic) bond motifs is 1. The van der Waals surface area contributed by atoms with Gasteiger partial charge in [0.1, 0.15) is 0 Å². The fourth-order valence-electron chi connectivity index (χ4n) is 1.81. The number of nitrogens with one attached hydrogen (secondary N) is 1. The number of hydrogen-bond acceptors (Lipinski definition) is 4. The van der Waals surface area contributed by atoms with Crippen LogP contribution in [0.1, 0.15) is 19.4 Å². The maximum Gasteiger partial charge on any atom is 0.309 e. The molecule has 2 amide bonds. The van der Waals surface area contributed by atoms with Crippen LogP contribution in [0.25, 0.3) is 0 Å². The van der Waals surface area contributed by atoms with Gasteiger partial charge in [-0.05, 0) is 17.7 Å². The number of carbonyl (C=O) groups is 2. The van der Waals surface area contributed by atoms with E-state index >= 15 is 0 Å². The van der Waals surface area contributed by atoms with Gasteiger partial charge in [-0.25, -0.2) is 0 Å². The Balaban J connectivity index is 2.11. The number of ether oxygens (including phenoxy) is 2. The number of hydrogen-bond donors (Lipinski definition) is 2. The average Bonchev–Trinajstić information content (AvgIpc) is 2.82. The first-order chi connectivity index (χ1) is 8.90. The molecule has 1 aromatic carbocycles. The highest BCUT2D eigenvalue weighted by molar-refractivity contribution is 6.34. The molecule has 0 atom stereocenters. The molecule has 1 aromatic rings. The van der Waals surface area contributed by atoms with E-state index in [0.717, 1.165) is 5.56 Å². The molecule has 1 aliphatic rings. The number of benzene rings is 1. The molecule has 102 valence electrons. The van der Waals surface area contributed by atoms with Gasteiger partial charge >= 0.3 is 11.8 Å². The van der Waals surface area contributed by atoms with Gasteiger partial charge in [0.15, 0.2) is 11.5 Å². The van der Waals surface area contributed by atoms with Crippen LogP contribution in [0.5, 0.6) is 11.5 Å². The van der Waals surface area contributed by atoms with Crippen molar-refractivity contribution in [3.8, 4) is 11.5 Å². The van der Waals surface area contributed by atoms with E-state index in [0.29, 0.717) is 18.0 Å². The Labute approximate surface area is 110 Å². The van der Waals surface area contributed by atoms with Crippen LogP contribution in [0.15, 0.2) is 18.2 Å². The van der Waals surface area contributed by atoms with Gasteiger partial charge in [-0.2, -0.15) is 0 Å². The number of nitrogens with two attached hydrogens (primary N) is 1. The minimum absolute atomic E-state index is 0.220. The van der Waals surface area contributed by atoms with Crippen LogP contribution in [0.4, 0.5) is 0 Å². The first-order valence-corrected chi connectivity index (χ1v) is 5.88. The van der Waals surface area contributed by atoms with Crippen molar-refractivity contribution in [1.82, 2.24) is 5.32 Å². The number of carbonyl (C=O) groups excluding carboxylic acids is 2. The van der Waals surface area contributed by atoms with Crippen LogP contribution in [0, 0.1) is 0 Å². The summed E-state index contributed by atoms with van der Waals surface area (Å²) in [5.41, 5.74) is 5.51. The molecule has 1 aliphatic heterocycles. The predicted molar refractivity (Wildman–Crippen MR) is 67.8 cm³/mol. The Hall–Kier alpha value is -2.24. The van der Waals surface area contributed by atoms with Crippen LogP contribution < -0.4 is 20.5 Å². The molecule has 0 aliphatic carbocycles. The summed E-state index contributed by atoms with van der Waals surface area (Å²) in [4.78, 5) is 21.9. The first-order valence-electron chi connectivity index (χ1n) is 5.88. The van der Waals surface area contributed by atoms with Crippen molar-refractivity contribution in [3.05, 3.63) is 23.8 Å². The van der Waals surface area contributed by atoms with Gasteiger partial charge in [0.05, 0.1) is 0 Å². The molecule has 0 aromatic heterocycles. The highest BCUT2D eigenvalue weighted by atomic mass is 16.7. The van der Waals surface area contributed by atoms with E-state index in [-0.39, 0.29) is 12.2 Å². The van der Waals surface area contributed by atoms with Gasteiger partial charge in [0, 0.05) is 12.0 Å². The molecule has 3 N–H and O–H groups in total. The normalized spacial score (nSPS) is 13.2. The third-order valence-electron chi connectivity index (χ3n) is 3.07.